The Bertz CT molecular complexity index is 1430. The number of benzene rings is 3. The summed E-state index contributed by atoms with van der Waals surface area (Å²) in [5.74, 6) is -10.0. The molecule has 204 valence electrons. The number of hydrogen-bond acceptors (Lipinski definition) is 6. The van der Waals surface area contributed by atoms with E-state index >= 15 is 0 Å². The monoisotopic (exact) mass is 546 g/mol. The number of benzodiazepines with no additional fused rings is 1. The number of hydrogen-bond donors (Lipinski definition) is 2. The number of halogens is 5. The molecule has 0 fully saturated rings. The molecule has 0 bridgehead atoms. The SMILES string of the molecule is CC(NC(=O)C(F)(F)Oc1ccc(F)c(F)c1F)C(=O)C1N=C(c2ccccc2)c2ccccc2N(C)[C@@H]1N. The van der Waals surface area contributed by atoms with Crippen LogP contribution in [0.3, 0.4) is 0 Å². The van der Waals surface area contributed by atoms with Crippen molar-refractivity contribution >= 4 is 23.1 Å². The van der Waals surface area contributed by atoms with E-state index in [-0.39, 0.29) is 0 Å². The van der Waals surface area contributed by atoms with Gasteiger partial charge in [-0.05, 0) is 25.1 Å². The number of nitrogens with zero attached hydrogens (tertiary/aromatic N) is 2. The van der Waals surface area contributed by atoms with Crippen LogP contribution < -0.4 is 20.7 Å². The van der Waals surface area contributed by atoms with Crippen LogP contribution in [0.5, 0.6) is 5.75 Å². The Balaban J connectivity index is 1.60. The van der Waals surface area contributed by atoms with Crippen molar-refractivity contribution in [3.05, 3.63) is 95.3 Å². The summed E-state index contributed by atoms with van der Waals surface area (Å²) in [4.78, 5) is 32.0. The van der Waals surface area contributed by atoms with E-state index < -0.39 is 59.2 Å². The smallest absolute Gasteiger partial charge is 0.422 e. The lowest BCUT2D eigenvalue weighted by Crippen LogP contribution is -2.57. The van der Waals surface area contributed by atoms with Crippen LogP contribution in [0.4, 0.5) is 27.6 Å². The van der Waals surface area contributed by atoms with E-state index in [0.717, 1.165) is 6.92 Å². The number of likely N-dealkylation sites (N-methyl/N-ethyl adjacent to an activating group) is 1. The Kier molecular flexibility index (Phi) is 7.68. The number of aliphatic imine (C=N–C) groups is 1. The number of ketones is 1. The number of Topliss-reactive ketones (excluding diaryl/α,β-unsaturated/α-hetero) is 1. The molecule has 0 radical (unpaired) electrons. The molecule has 12 heteroatoms. The molecule has 4 rings (SSSR count). The van der Waals surface area contributed by atoms with Gasteiger partial charge in [-0.3, -0.25) is 14.6 Å². The number of rotatable bonds is 7. The maximum Gasteiger partial charge on any atom is 0.482 e. The molecule has 1 aliphatic rings. The van der Waals surface area contributed by atoms with E-state index in [1.165, 1.54) is 0 Å². The molecular weight excluding hydrogens is 523 g/mol. The first-order valence-corrected chi connectivity index (χ1v) is 11.7. The lowest BCUT2D eigenvalue weighted by atomic mass is 10.00. The fraction of sp³-hybridized carbons (Fsp3) is 0.222. The lowest BCUT2D eigenvalue weighted by Gasteiger charge is -2.30. The molecule has 0 aliphatic carbocycles. The van der Waals surface area contributed by atoms with Crippen molar-refractivity contribution in [2.24, 2.45) is 10.7 Å². The van der Waals surface area contributed by atoms with Gasteiger partial charge in [-0.2, -0.15) is 13.2 Å². The minimum atomic E-state index is -4.74. The molecule has 1 aliphatic heterocycles. The molecule has 0 aromatic heterocycles. The van der Waals surface area contributed by atoms with Gasteiger partial charge in [-0.25, -0.2) is 8.78 Å². The number of anilines is 1. The number of nitrogens with one attached hydrogen (secondary N) is 1. The number of carbonyl (C=O) groups excluding carboxylic acids is 2. The average molecular weight is 546 g/mol. The van der Waals surface area contributed by atoms with Crippen LogP contribution >= 0.6 is 0 Å². The number of nitrogens with two attached hydrogens (primary N) is 1. The summed E-state index contributed by atoms with van der Waals surface area (Å²) >= 11 is 0. The first-order chi connectivity index (χ1) is 18.4. The van der Waals surface area contributed by atoms with Gasteiger partial charge in [0.2, 0.25) is 5.82 Å². The molecule has 0 saturated heterocycles. The molecular formula is C27H23F5N4O3. The van der Waals surface area contributed by atoms with Crippen LogP contribution in [0.1, 0.15) is 18.1 Å². The first kappa shape index (κ1) is 27.7. The molecule has 2 unspecified atom stereocenters. The van der Waals surface area contributed by atoms with E-state index in [1.54, 1.807) is 66.5 Å². The molecule has 1 amide bonds. The molecule has 0 spiro atoms. The summed E-state index contributed by atoms with van der Waals surface area (Å²) in [7, 11) is 1.65. The predicted molar refractivity (Wildman–Crippen MR) is 133 cm³/mol. The summed E-state index contributed by atoms with van der Waals surface area (Å²) in [6.07, 6.45) is -5.77. The number of amides is 1. The lowest BCUT2D eigenvalue weighted by molar-refractivity contribution is -0.194. The fourth-order valence-corrected chi connectivity index (χ4v) is 4.08. The van der Waals surface area contributed by atoms with Crippen molar-refractivity contribution in [1.29, 1.82) is 0 Å². The molecule has 3 N–H and O–H groups in total. The van der Waals surface area contributed by atoms with Gasteiger partial charge in [-0.15, -0.1) is 0 Å². The molecule has 3 aromatic rings. The van der Waals surface area contributed by atoms with E-state index in [9.17, 15) is 31.5 Å². The normalized spacial score (nSPS) is 17.9. The zero-order chi connectivity index (χ0) is 28.5. The van der Waals surface area contributed by atoms with Crippen molar-refractivity contribution in [2.45, 2.75) is 31.3 Å². The van der Waals surface area contributed by atoms with Gasteiger partial charge in [-0.1, -0.05) is 48.5 Å². The highest BCUT2D eigenvalue weighted by atomic mass is 19.3. The highest BCUT2D eigenvalue weighted by Gasteiger charge is 2.45. The van der Waals surface area contributed by atoms with Crippen LogP contribution in [0.2, 0.25) is 0 Å². The highest BCUT2D eigenvalue weighted by Crippen LogP contribution is 2.30. The maximum atomic E-state index is 14.5. The summed E-state index contributed by atoms with van der Waals surface area (Å²) in [5.41, 5.74) is 8.85. The summed E-state index contributed by atoms with van der Waals surface area (Å²) in [6, 6.07) is 14.0. The molecule has 1 heterocycles. The molecule has 3 atom stereocenters. The Labute approximate surface area is 220 Å². The standard InChI is InChI=1S/C27H23F5N4O3/c1-14(34-26(38)27(31,32)39-19-13-12-17(28)20(29)21(19)30)24(37)23-25(33)36(2)18-11-7-6-10-16(18)22(35-23)15-8-4-3-5-9-15/h3-14,23,25H,33H2,1-2H3,(H,34,38)/t14?,23?,25-/m0/s1. The minimum absolute atomic E-state index is 0.359. The third-order valence-electron chi connectivity index (χ3n) is 6.19. The second kappa shape index (κ2) is 10.8. The van der Waals surface area contributed by atoms with E-state index in [0.29, 0.717) is 34.7 Å². The number of ether oxygens (including phenoxy) is 1. The van der Waals surface area contributed by atoms with Crippen molar-refractivity contribution in [1.82, 2.24) is 5.32 Å². The van der Waals surface area contributed by atoms with Gasteiger partial charge in [0.25, 0.3) is 0 Å². The van der Waals surface area contributed by atoms with Crippen LogP contribution in [0.25, 0.3) is 0 Å². The number of fused-ring (bicyclic) bond motifs is 1. The van der Waals surface area contributed by atoms with Gasteiger partial charge in [0.15, 0.2) is 23.2 Å². The van der Waals surface area contributed by atoms with Gasteiger partial charge < -0.3 is 20.7 Å². The molecule has 0 saturated carbocycles. The number of para-hydroxylation sites is 1. The van der Waals surface area contributed by atoms with Gasteiger partial charge in [0.05, 0.1) is 11.8 Å². The quantitative estimate of drug-likeness (QED) is 0.347. The van der Waals surface area contributed by atoms with Gasteiger partial charge in [0, 0.05) is 23.9 Å². The van der Waals surface area contributed by atoms with Crippen LogP contribution in [0, 0.1) is 17.5 Å². The molecule has 3 aromatic carbocycles. The van der Waals surface area contributed by atoms with Crippen molar-refractivity contribution in [3.63, 3.8) is 0 Å². The third kappa shape index (κ3) is 5.46. The second-order valence-corrected chi connectivity index (χ2v) is 8.80. The summed E-state index contributed by atoms with van der Waals surface area (Å²) in [6.45, 7) is 1.15. The van der Waals surface area contributed by atoms with E-state index in [1.807, 2.05) is 5.32 Å². The van der Waals surface area contributed by atoms with Crippen molar-refractivity contribution < 1.29 is 36.3 Å². The Morgan fingerprint density at radius 1 is 1.00 bits per heavy atom. The average Bonchev–Trinajstić information content (AvgIpc) is 3.03. The van der Waals surface area contributed by atoms with Crippen LogP contribution in [0.15, 0.2) is 71.7 Å². The largest absolute Gasteiger partial charge is 0.482 e. The van der Waals surface area contributed by atoms with Gasteiger partial charge in [0.1, 0.15) is 12.2 Å². The zero-order valence-corrected chi connectivity index (χ0v) is 20.7. The Morgan fingerprint density at radius 3 is 2.33 bits per heavy atom. The Morgan fingerprint density at radius 2 is 1.64 bits per heavy atom. The molecule has 39 heavy (non-hydrogen) atoms. The predicted octanol–water partition coefficient (Wildman–Crippen LogP) is 3.79. The fourth-order valence-electron chi connectivity index (χ4n) is 4.08. The van der Waals surface area contributed by atoms with E-state index in [2.05, 4.69) is 9.73 Å². The van der Waals surface area contributed by atoms with Crippen LogP contribution in [-0.4, -0.2) is 48.8 Å². The van der Waals surface area contributed by atoms with E-state index in [4.69, 9.17) is 5.73 Å². The Hall–Kier alpha value is -4.32. The zero-order valence-electron chi connectivity index (χ0n) is 20.7. The number of alkyl halides is 2. The third-order valence-corrected chi connectivity index (χ3v) is 6.19. The minimum Gasteiger partial charge on any atom is -0.422 e. The maximum absolute atomic E-state index is 14.5. The van der Waals surface area contributed by atoms with Crippen LogP contribution in [-0.2, 0) is 9.59 Å². The summed E-state index contributed by atoms with van der Waals surface area (Å²) < 4.78 is 73.3. The topological polar surface area (TPSA) is 97.0 Å². The first-order valence-electron chi connectivity index (χ1n) is 11.7. The van der Waals surface area contributed by atoms with Crippen molar-refractivity contribution in [2.75, 3.05) is 11.9 Å². The van der Waals surface area contributed by atoms with Gasteiger partial charge >= 0.3 is 12.0 Å². The second-order valence-electron chi connectivity index (χ2n) is 8.80. The highest BCUT2D eigenvalue weighted by molar-refractivity contribution is 6.17. The summed E-state index contributed by atoms with van der Waals surface area (Å²) in [5, 5.41) is 1.82. The number of carbonyl (C=O) groups is 2. The van der Waals surface area contributed by atoms with Crippen molar-refractivity contribution in [3.8, 4) is 5.75 Å². The molecule has 7 nitrogen and oxygen atoms in total.